The highest BCUT2D eigenvalue weighted by Crippen LogP contribution is 2.30. The first-order valence-corrected chi connectivity index (χ1v) is 11.7. The SMILES string of the molecule is C=CC(O)NC(=O)c1ccc(F)c(-c2ccc(N)c(C(=O)Nc3cnccc3N3C[C@@H](N)C[C@@H](F)C3)n2)c1. The van der Waals surface area contributed by atoms with Crippen molar-refractivity contribution >= 4 is 28.9 Å². The van der Waals surface area contributed by atoms with Crippen molar-refractivity contribution in [2.24, 2.45) is 5.73 Å². The minimum atomic E-state index is -1.28. The van der Waals surface area contributed by atoms with E-state index >= 15 is 0 Å². The fourth-order valence-corrected chi connectivity index (χ4v) is 4.15. The highest BCUT2D eigenvalue weighted by molar-refractivity contribution is 6.08. The molecule has 4 rings (SSSR count). The van der Waals surface area contributed by atoms with Crippen LogP contribution in [0.1, 0.15) is 27.3 Å². The first-order chi connectivity index (χ1) is 18.2. The van der Waals surface area contributed by atoms with E-state index < -0.39 is 30.0 Å². The van der Waals surface area contributed by atoms with Crippen molar-refractivity contribution in [2.45, 2.75) is 24.9 Å². The van der Waals surface area contributed by atoms with E-state index in [4.69, 9.17) is 11.5 Å². The molecule has 0 spiro atoms. The maximum absolute atomic E-state index is 14.7. The molecule has 2 aromatic heterocycles. The van der Waals surface area contributed by atoms with Gasteiger partial charge in [0.2, 0.25) is 0 Å². The zero-order valence-electron chi connectivity index (χ0n) is 20.3. The van der Waals surface area contributed by atoms with Crippen LogP contribution in [-0.2, 0) is 0 Å². The molecular formula is C26H27F2N7O3. The van der Waals surface area contributed by atoms with Gasteiger partial charge in [-0.05, 0) is 48.9 Å². The van der Waals surface area contributed by atoms with Gasteiger partial charge in [0.15, 0.2) is 5.69 Å². The van der Waals surface area contributed by atoms with Crippen LogP contribution in [-0.4, -0.2) is 58.4 Å². The van der Waals surface area contributed by atoms with Crippen LogP contribution in [0.3, 0.4) is 0 Å². The number of carbonyl (C=O) groups excluding carboxylic acids is 2. The van der Waals surface area contributed by atoms with Crippen LogP contribution in [0.5, 0.6) is 0 Å². The first kappa shape index (κ1) is 26.6. The molecular weight excluding hydrogens is 496 g/mol. The van der Waals surface area contributed by atoms with Crippen molar-refractivity contribution in [1.82, 2.24) is 15.3 Å². The summed E-state index contributed by atoms with van der Waals surface area (Å²) in [4.78, 5) is 35.6. The number of carbonyl (C=O) groups is 2. The largest absolute Gasteiger partial charge is 0.397 e. The number of nitrogens with two attached hydrogens (primary N) is 2. The van der Waals surface area contributed by atoms with Crippen molar-refractivity contribution in [2.75, 3.05) is 29.0 Å². The van der Waals surface area contributed by atoms with Crippen molar-refractivity contribution in [3.8, 4) is 11.3 Å². The molecule has 38 heavy (non-hydrogen) atoms. The molecule has 0 bridgehead atoms. The van der Waals surface area contributed by atoms with E-state index in [1.165, 1.54) is 36.7 Å². The van der Waals surface area contributed by atoms with E-state index in [0.717, 1.165) is 12.1 Å². The third-order valence-corrected chi connectivity index (χ3v) is 5.97. The number of benzene rings is 1. The summed E-state index contributed by atoms with van der Waals surface area (Å²) in [6.45, 7) is 3.89. The third kappa shape index (κ3) is 5.93. The van der Waals surface area contributed by atoms with Gasteiger partial charge in [-0.3, -0.25) is 14.6 Å². The molecule has 3 heterocycles. The number of piperidine rings is 1. The van der Waals surface area contributed by atoms with Gasteiger partial charge in [-0.1, -0.05) is 6.58 Å². The van der Waals surface area contributed by atoms with Crippen molar-refractivity contribution in [3.05, 3.63) is 78.5 Å². The highest BCUT2D eigenvalue weighted by atomic mass is 19.1. The zero-order valence-corrected chi connectivity index (χ0v) is 20.3. The molecule has 10 nitrogen and oxygen atoms in total. The molecule has 1 aromatic carbocycles. The number of anilines is 3. The van der Waals surface area contributed by atoms with Crippen LogP contribution in [0.15, 0.2) is 61.4 Å². The lowest BCUT2D eigenvalue weighted by molar-refractivity contribution is 0.0854. The smallest absolute Gasteiger partial charge is 0.276 e. The molecule has 0 radical (unpaired) electrons. The molecule has 1 saturated heterocycles. The lowest BCUT2D eigenvalue weighted by Crippen LogP contribution is -2.48. The Labute approximate surface area is 217 Å². The average Bonchev–Trinajstić information content (AvgIpc) is 2.89. The summed E-state index contributed by atoms with van der Waals surface area (Å²) in [5.74, 6) is -2.05. The van der Waals surface area contributed by atoms with E-state index in [0.29, 0.717) is 17.9 Å². The van der Waals surface area contributed by atoms with Crippen LogP contribution in [0, 0.1) is 5.82 Å². The van der Waals surface area contributed by atoms with Crippen LogP contribution in [0.25, 0.3) is 11.3 Å². The van der Waals surface area contributed by atoms with E-state index in [2.05, 4.69) is 27.2 Å². The Morgan fingerprint density at radius 2 is 2.00 bits per heavy atom. The summed E-state index contributed by atoms with van der Waals surface area (Å²) < 4.78 is 28.9. The van der Waals surface area contributed by atoms with Gasteiger partial charge >= 0.3 is 0 Å². The molecule has 198 valence electrons. The Bertz CT molecular complexity index is 1360. The fourth-order valence-electron chi connectivity index (χ4n) is 4.15. The average molecular weight is 524 g/mol. The minimum Gasteiger partial charge on any atom is -0.397 e. The minimum absolute atomic E-state index is 0.0314. The molecule has 1 unspecified atom stereocenters. The Hall–Kier alpha value is -4.42. The molecule has 1 fully saturated rings. The van der Waals surface area contributed by atoms with Gasteiger partial charge in [0, 0.05) is 36.5 Å². The molecule has 2 amide bonds. The molecule has 1 aliphatic heterocycles. The Morgan fingerprint density at radius 3 is 2.74 bits per heavy atom. The predicted molar refractivity (Wildman–Crippen MR) is 140 cm³/mol. The monoisotopic (exact) mass is 523 g/mol. The first-order valence-electron chi connectivity index (χ1n) is 11.7. The second-order valence-corrected chi connectivity index (χ2v) is 8.83. The van der Waals surface area contributed by atoms with E-state index in [9.17, 15) is 23.5 Å². The molecule has 12 heteroatoms. The number of alkyl halides is 1. The quantitative estimate of drug-likeness (QED) is 0.233. The molecule has 0 saturated carbocycles. The van der Waals surface area contributed by atoms with Gasteiger partial charge in [0.1, 0.15) is 18.2 Å². The number of hydrogen-bond donors (Lipinski definition) is 5. The van der Waals surface area contributed by atoms with Gasteiger partial charge in [-0.25, -0.2) is 13.8 Å². The number of aliphatic hydroxyl groups is 1. The van der Waals surface area contributed by atoms with Crippen LogP contribution < -0.4 is 27.0 Å². The molecule has 1 aliphatic rings. The normalized spacial score (nSPS) is 17.9. The number of aromatic nitrogens is 2. The summed E-state index contributed by atoms with van der Waals surface area (Å²) in [6, 6.07) is 7.65. The van der Waals surface area contributed by atoms with Crippen LogP contribution >= 0.6 is 0 Å². The standard InChI is InChI=1S/C26H27F2N7O3/c1-2-23(36)34-25(37)14-3-4-18(28)17(9-14)20-6-5-19(30)24(32-20)26(38)33-21-11-31-8-7-22(21)35-12-15(27)10-16(29)13-35/h2-9,11,15-16,23,36H,1,10,12-13,29-30H2,(H,33,38)(H,34,37)/t15-,16+,23?/m1/s1. The lowest BCUT2D eigenvalue weighted by Gasteiger charge is -2.35. The zero-order chi connectivity index (χ0) is 27.4. The van der Waals surface area contributed by atoms with Crippen molar-refractivity contribution < 1.29 is 23.5 Å². The number of hydrogen-bond acceptors (Lipinski definition) is 8. The molecule has 3 atom stereocenters. The summed E-state index contributed by atoms with van der Waals surface area (Å²) >= 11 is 0. The number of rotatable bonds is 7. The Morgan fingerprint density at radius 1 is 1.21 bits per heavy atom. The summed E-state index contributed by atoms with van der Waals surface area (Å²) in [5, 5.41) is 14.6. The van der Waals surface area contributed by atoms with Gasteiger partial charge in [0.05, 0.1) is 29.0 Å². The predicted octanol–water partition coefficient (Wildman–Crippen LogP) is 2.23. The Balaban J connectivity index is 1.62. The summed E-state index contributed by atoms with van der Waals surface area (Å²) in [7, 11) is 0. The topological polar surface area (TPSA) is 159 Å². The summed E-state index contributed by atoms with van der Waals surface area (Å²) in [5.41, 5.74) is 12.7. The second-order valence-electron chi connectivity index (χ2n) is 8.83. The summed E-state index contributed by atoms with van der Waals surface area (Å²) in [6.07, 6.45) is 1.92. The van der Waals surface area contributed by atoms with E-state index in [-0.39, 0.29) is 47.2 Å². The molecule has 7 N–H and O–H groups in total. The van der Waals surface area contributed by atoms with Crippen LogP contribution in [0.4, 0.5) is 25.8 Å². The maximum Gasteiger partial charge on any atom is 0.276 e. The van der Waals surface area contributed by atoms with Gasteiger partial charge in [-0.2, -0.15) is 0 Å². The number of nitrogen functional groups attached to an aromatic ring is 1. The highest BCUT2D eigenvalue weighted by Gasteiger charge is 2.27. The number of halogens is 2. The van der Waals surface area contributed by atoms with Crippen molar-refractivity contribution in [3.63, 3.8) is 0 Å². The fraction of sp³-hybridized carbons (Fsp3) is 0.231. The third-order valence-electron chi connectivity index (χ3n) is 5.97. The number of aliphatic hydroxyl groups excluding tert-OH is 1. The van der Waals surface area contributed by atoms with Gasteiger partial charge in [0.25, 0.3) is 11.8 Å². The number of amides is 2. The second kappa shape index (κ2) is 11.3. The van der Waals surface area contributed by atoms with Crippen molar-refractivity contribution in [1.29, 1.82) is 0 Å². The van der Waals surface area contributed by atoms with Crippen LogP contribution in [0.2, 0.25) is 0 Å². The number of pyridine rings is 2. The molecule has 0 aliphatic carbocycles. The lowest BCUT2D eigenvalue weighted by atomic mass is 10.0. The van der Waals surface area contributed by atoms with Gasteiger partial charge in [-0.15, -0.1) is 0 Å². The molecule has 3 aromatic rings. The Kier molecular flexibility index (Phi) is 7.93. The number of nitrogens with zero attached hydrogens (tertiary/aromatic N) is 3. The van der Waals surface area contributed by atoms with Gasteiger partial charge < -0.3 is 32.1 Å². The number of nitrogens with one attached hydrogen (secondary N) is 2. The van der Waals surface area contributed by atoms with E-state index in [1.54, 1.807) is 11.0 Å². The van der Waals surface area contributed by atoms with E-state index in [1.807, 2.05) is 0 Å². The maximum atomic E-state index is 14.7.